The Labute approximate surface area is 223 Å². The fraction of sp³-hybridized carbons (Fsp3) is 0.226. The Bertz CT molecular complexity index is 1460. The minimum atomic E-state index is 0.681. The van der Waals surface area contributed by atoms with Crippen molar-refractivity contribution in [1.29, 1.82) is 0 Å². The summed E-state index contributed by atoms with van der Waals surface area (Å²) in [5.41, 5.74) is 7.49. The van der Waals surface area contributed by atoms with Crippen molar-refractivity contribution in [3.63, 3.8) is 0 Å². The summed E-state index contributed by atoms with van der Waals surface area (Å²) in [6.07, 6.45) is 9.18. The molecule has 0 radical (unpaired) electrons. The quantitative estimate of drug-likeness (QED) is 0.334. The first kappa shape index (κ1) is 24.0. The number of anilines is 1. The molecule has 0 amide bonds. The van der Waals surface area contributed by atoms with Gasteiger partial charge < -0.3 is 10.2 Å². The van der Waals surface area contributed by atoms with E-state index in [0.29, 0.717) is 6.42 Å². The lowest BCUT2D eigenvalue weighted by Crippen LogP contribution is -2.43. The van der Waals surface area contributed by atoms with E-state index in [9.17, 15) is 0 Å². The first-order valence-electron chi connectivity index (χ1n) is 13.2. The number of aromatic nitrogens is 5. The van der Waals surface area contributed by atoms with Crippen LogP contribution in [-0.2, 0) is 19.4 Å². The fourth-order valence-corrected chi connectivity index (χ4v) is 4.89. The molecule has 0 saturated carbocycles. The molecule has 1 fully saturated rings. The topological polar surface area (TPSA) is 71.8 Å². The Morgan fingerprint density at radius 3 is 2.45 bits per heavy atom. The summed E-state index contributed by atoms with van der Waals surface area (Å²) in [5, 5.41) is 8.36. The van der Waals surface area contributed by atoms with Crippen LogP contribution in [0, 0.1) is 0 Å². The van der Waals surface area contributed by atoms with Crippen LogP contribution in [0.1, 0.15) is 17.0 Å². The Morgan fingerprint density at radius 1 is 0.816 bits per heavy atom. The van der Waals surface area contributed by atoms with Crippen molar-refractivity contribution in [2.24, 2.45) is 0 Å². The summed E-state index contributed by atoms with van der Waals surface area (Å²) in [6.45, 7) is 4.94. The van der Waals surface area contributed by atoms with Gasteiger partial charge in [-0.2, -0.15) is 5.10 Å². The van der Waals surface area contributed by atoms with Gasteiger partial charge in [-0.1, -0.05) is 42.5 Å². The number of nitrogens with zero attached hydrogens (tertiary/aromatic N) is 6. The number of rotatable bonds is 8. The van der Waals surface area contributed by atoms with Crippen LogP contribution in [0.15, 0.2) is 97.6 Å². The minimum absolute atomic E-state index is 0.681. The highest BCUT2D eigenvalue weighted by Gasteiger charge is 2.16. The van der Waals surface area contributed by atoms with Crippen LogP contribution in [-0.4, -0.2) is 50.9 Å². The van der Waals surface area contributed by atoms with Gasteiger partial charge in [-0.05, 0) is 47.9 Å². The van der Waals surface area contributed by atoms with Gasteiger partial charge in [0, 0.05) is 80.7 Å². The second-order valence-electron chi connectivity index (χ2n) is 9.57. The van der Waals surface area contributed by atoms with Crippen LogP contribution < -0.4 is 10.2 Å². The van der Waals surface area contributed by atoms with Crippen molar-refractivity contribution >= 4 is 5.69 Å². The molecule has 6 rings (SSSR count). The monoisotopic (exact) mass is 501 g/mol. The number of nitrogens with one attached hydrogen (secondary N) is 1. The van der Waals surface area contributed by atoms with Gasteiger partial charge >= 0.3 is 0 Å². The molecular weight excluding hydrogens is 470 g/mol. The molecule has 2 aromatic carbocycles. The molecule has 5 aromatic rings. The Morgan fingerprint density at radius 2 is 1.66 bits per heavy atom. The van der Waals surface area contributed by atoms with E-state index in [1.807, 2.05) is 41.3 Å². The molecule has 3 aromatic heterocycles. The second-order valence-corrected chi connectivity index (χ2v) is 9.57. The van der Waals surface area contributed by atoms with E-state index < -0.39 is 0 Å². The number of hydrogen-bond donors (Lipinski definition) is 1. The smallest absolute Gasteiger partial charge is 0.133 e. The van der Waals surface area contributed by atoms with Crippen molar-refractivity contribution in [1.82, 2.24) is 30.0 Å². The number of piperazine rings is 1. The lowest BCUT2D eigenvalue weighted by atomic mass is 10.1. The largest absolute Gasteiger partial charge is 0.369 e. The predicted octanol–water partition coefficient (Wildman–Crippen LogP) is 4.65. The first-order chi connectivity index (χ1) is 18.8. The lowest BCUT2D eigenvalue weighted by Gasteiger charge is -2.29. The van der Waals surface area contributed by atoms with E-state index in [1.165, 1.54) is 16.8 Å². The van der Waals surface area contributed by atoms with Crippen LogP contribution >= 0.6 is 0 Å². The van der Waals surface area contributed by atoms with Crippen LogP contribution in [0.2, 0.25) is 0 Å². The molecule has 0 atom stereocenters. The molecule has 7 nitrogen and oxygen atoms in total. The Kier molecular flexibility index (Phi) is 7.17. The average molecular weight is 502 g/mol. The predicted molar refractivity (Wildman–Crippen MR) is 151 cm³/mol. The standard InChI is InChI=1S/C31H31N7/c1-2-5-24(6-3-1)13-18-38-23-28(31(36-38)26-7-4-14-33-22-26)29-12-15-34-30(35-29)21-25-8-10-27(11-9-25)37-19-16-32-17-20-37/h1-12,14-15,22-23,32H,13,16-21H2. The first-order valence-corrected chi connectivity index (χ1v) is 13.2. The summed E-state index contributed by atoms with van der Waals surface area (Å²) < 4.78 is 2.02. The van der Waals surface area contributed by atoms with Crippen molar-refractivity contribution in [3.05, 3.63) is 115 Å². The summed E-state index contributed by atoms with van der Waals surface area (Å²) in [7, 11) is 0. The zero-order chi connectivity index (χ0) is 25.6. The number of hydrogen-bond acceptors (Lipinski definition) is 6. The minimum Gasteiger partial charge on any atom is -0.369 e. The molecule has 190 valence electrons. The van der Waals surface area contributed by atoms with Crippen LogP contribution in [0.4, 0.5) is 5.69 Å². The molecule has 4 heterocycles. The number of benzene rings is 2. The summed E-state index contributed by atoms with van der Waals surface area (Å²) in [4.78, 5) is 16.3. The maximum Gasteiger partial charge on any atom is 0.133 e. The van der Waals surface area contributed by atoms with Crippen LogP contribution in [0.5, 0.6) is 0 Å². The van der Waals surface area contributed by atoms with Crippen molar-refractivity contribution in [2.75, 3.05) is 31.1 Å². The van der Waals surface area contributed by atoms with E-state index in [0.717, 1.165) is 67.5 Å². The molecule has 38 heavy (non-hydrogen) atoms. The molecule has 1 aliphatic heterocycles. The summed E-state index contributed by atoms with van der Waals surface area (Å²) in [5.74, 6) is 0.798. The van der Waals surface area contributed by atoms with Gasteiger partial charge in [0.05, 0.1) is 5.69 Å². The lowest BCUT2D eigenvalue weighted by molar-refractivity contribution is 0.589. The summed E-state index contributed by atoms with van der Waals surface area (Å²) in [6, 6.07) is 25.3. The van der Waals surface area contributed by atoms with Crippen molar-refractivity contribution in [2.45, 2.75) is 19.4 Å². The molecule has 0 aliphatic carbocycles. The maximum absolute atomic E-state index is 4.96. The number of aryl methyl sites for hydroxylation is 2. The van der Waals surface area contributed by atoms with Gasteiger partial charge in [0.1, 0.15) is 11.5 Å². The molecule has 7 heteroatoms. The highest BCUT2D eigenvalue weighted by atomic mass is 15.3. The zero-order valence-corrected chi connectivity index (χ0v) is 21.4. The van der Waals surface area contributed by atoms with Gasteiger partial charge in [-0.3, -0.25) is 9.67 Å². The van der Waals surface area contributed by atoms with Crippen molar-refractivity contribution < 1.29 is 0 Å². The molecule has 0 unspecified atom stereocenters. The van der Waals surface area contributed by atoms with E-state index >= 15 is 0 Å². The average Bonchev–Trinajstić information content (AvgIpc) is 3.43. The molecular formula is C31H31N7. The second kappa shape index (κ2) is 11.4. The van der Waals surface area contributed by atoms with Gasteiger partial charge in [0.25, 0.3) is 0 Å². The SMILES string of the molecule is c1ccc(CCn2cc(-c3ccnc(Cc4ccc(N5CCNCC5)cc4)n3)c(-c3cccnc3)n2)cc1. The molecule has 1 N–H and O–H groups in total. The normalized spacial score (nSPS) is 13.5. The van der Waals surface area contributed by atoms with Gasteiger partial charge in [0.2, 0.25) is 0 Å². The van der Waals surface area contributed by atoms with Gasteiger partial charge in [-0.25, -0.2) is 9.97 Å². The third kappa shape index (κ3) is 5.63. The molecule has 1 saturated heterocycles. The highest BCUT2D eigenvalue weighted by molar-refractivity contribution is 5.78. The third-order valence-electron chi connectivity index (χ3n) is 6.93. The third-order valence-corrected chi connectivity index (χ3v) is 6.93. The fourth-order valence-electron chi connectivity index (χ4n) is 4.89. The molecule has 0 spiro atoms. The summed E-state index contributed by atoms with van der Waals surface area (Å²) >= 11 is 0. The highest BCUT2D eigenvalue weighted by Crippen LogP contribution is 2.30. The van der Waals surface area contributed by atoms with E-state index in [4.69, 9.17) is 10.1 Å². The van der Waals surface area contributed by atoms with E-state index in [1.54, 1.807) is 6.20 Å². The van der Waals surface area contributed by atoms with E-state index in [2.05, 4.69) is 74.9 Å². The maximum atomic E-state index is 4.96. The van der Waals surface area contributed by atoms with E-state index in [-0.39, 0.29) is 0 Å². The van der Waals surface area contributed by atoms with Gasteiger partial charge in [0.15, 0.2) is 0 Å². The zero-order valence-electron chi connectivity index (χ0n) is 21.4. The number of pyridine rings is 1. The van der Waals surface area contributed by atoms with Crippen LogP contribution in [0.3, 0.4) is 0 Å². The van der Waals surface area contributed by atoms with Crippen LogP contribution in [0.25, 0.3) is 22.5 Å². The molecule has 1 aliphatic rings. The van der Waals surface area contributed by atoms with Crippen molar-refractivity contribution in [3.8, 4) is 22.5 Å². The Hall–Kier alpha value is -4.36. The molecule has 0 bridgehead atoms. The van der Waals surface area contributed by atoms with Gasteiger partial charge in [-0.15, -0.1) is 0 Å². The Balaban J connectivity index is 1.24.